The Bertz CT molecular complexity index is 2680. The minimum Gasteiger partial charge on any atom is -0.487 e. The van der Waals surface area contributed by atoms with E-state index >= 15 is 0 Å². The molecule has 1 aliphatic rings. The summed E-state index contributed by atoms with van der Waals surface area (Å²) in [6.45, 7) is 10.1. The van der Waals surface area contributed by atoms with Gasteiger partial charge in [-0.2, -0.15) is 0 Å². The molecule has 0 bridgehead atoms. The lowest BCUT2D eigenvalue weighted by Gasteiger charge is -2.30. The number of esters is 1. The first kappa shape index (κ1) is 43.7. The maximum absolute atomic E-state index is 14.4. The van der Waals surface area contributed by atoms with Gasteiger partial charge < -0.3 is 28.8 Å². The van der Waals surface area contributed by atoms with E-state index in [0.29, 0.717) is 31.0 Å². The standard InChI is InChI=1S/C54H56N4O6/c1-6-44-48(41-27-28-45-42(29-41)30-46-49(57(5)32-37-19-11-7-12-20-37)43(33-58(45)46)31-55-53(60)64-54(2,3)4)56-51(62-35-39-23-15-9-16-24-39)47(50(44)61-34-38-21-13-8-14-22-38)52(59)63-36-40-25-17-10-18-26-40/h7-30,43,49H,6,31-36H2,1-5H3,(H,55,60). The second kappa shape index (κ2) is 19.6. The third-order valence-corrected chi connectivity index (χ3v) is 11.5. The van der Waals surface area contributed by atoms with Crippen molar-refractivity contribution in [2.45, 2.75) is 78.7 Å². The van der Waals surface area contributed by atoms with Crippen LogP contribution < -0.4 is 14.8 Å². The summed E-state index contributed by atoms with van der Waals surface area (Å²) in [7, 11) is 2.15. The van der Waals surface area contributed by atoms with Gasteiger partial charge in [-0.15, -0.1) is 0 Å². The number of carbonyl (C=O) groups excluding carboxylic acids is 2. The molecule has 0 saturated carbocycles. The molecular weight excluding hydrogens is 801 g/mol. The van der Waals surface area contributed by atoms with Gasteiger partial charge in [-0.25, -0.2) is 14.6 Å². The number of hydrogen-bond donors (Lipinski definition) is 1. The molecule has 1 N–H and O–H groups in total. The minimum absolute atomic E-state index is 0.00693. The van der Waals surface area contributed by atoms with Crippen molar-refractivity contribution in [3.63, 3.8) is 0 Å². The summed E-state index contributed by atoms with van der Waals surface area (Å²) in [5.74, 6) is 0.0420. The maximum atomic E-state index is 14.4. The highest BCUT2D eigenvalue weighted by molar-refractivity contribution is 5.97. The topological polar surface area (TPSA) is 104 Å². The van der Waals surface area contributed by atoms with Crippen LogP contribution in [0.3, 0.4) is 0 Å². The van der Waals surface area contributed by atoms with Crippen molar-refractivity contribution >= 4 is 23.0 Å². The quantitative estimate of drug-likeness (QED) is 0.0959. The van der Waals surface area contributed by atoms with Crippen molar-refractivity contribution in [1.29, 1.82) is 0 Å². The lowest BCUT2D eigenvalue weighted by Crippen LogP contribution is -2.38. The number of alkyl carbamates (subject to hydrolysis) is 1. The number of benzene rings is 5. The highest BCUT2D eigenvalue weighted by Crippen LogP contribution is 2.43. The highest BCUT2D eigenvalue weighted by Gasteiger charge is 2.38. The summed E-state index contributed by atoms with van der Waals surface area (Å²) < 4.78 is 27.2. The van der Waals surface area contributed by atoms with Crippen LogP contribution in [0.1, 0.15) is 77.6 Å². The third kappa shape index (κ3) is 10.3. The Hall–Kier alpha value is -6.91. The molecule has 328 valence electrons. The number of ether oxygens (including phenoxy) is 4. The van der Waals surface area contributed by atoms with E-state index in [4.69, 9.17) is 23.9 Å². The molecular formula is C54H56N4O6. The van der Waals surface area contributed by atoms with E-state index in [1.807, 2.05) is 125 Å². The van der Waals surface area contributed by atoms with Gasteiger partial charge in [0.2, 0.25) is 5.88 Å². The number of hydrogen-bond acceptors (Lipinski definition) is 8. The van der Waals surface area contributed by atoms with Crippen molar-refractivity contribution in [1.82, 2.24) is 19.8 Å². The number of fused-ring (bicyclic) bond motifs is 3. The van der Waals surface area contributed by atoms with E-state index in [1.165, 1.54) is 11.3 Å². The highest BCUT2D eigenvalue weighted by atomic mass is 16.6. The van der Waals surface area contributed by atoms with Gasteiger partial charge in [0.1, 0.15) is 31.2 Å². The number of carbonyl (C=O) groups is 2. The fraction of sp³-hybridized carbons (Fsp3) is 0.278. The smallest absolute Gasteiger partial charge is 0.407 e. The number of nitrogens with zero attached hydrogens (tertiary/aromatic N) is 3. The van der Waals surface area contributed by atoms with E-state index in [2.05, 4.69) is 70.4 Å². The Morgan fingerprint density at radius 1 is 0.750 bits per heavy atom. The lowest BCUT2D eigenvalue weighted by atomic mass is 9.97. The molecule has 2 aromatic heterocycles. The molecule has 8 rings (SSSR count). The van der Waals surface area contributed by atoms with Gasteiger partial charge in [0.05, 0.1) is 11.7 Å². The van der Waals surface area contributed by atoms with Crippen LogP contribution in [0.5, 0.6) is 11.6 Å². The molecule has 2 atom stereocenters. The molecule has 10 nitrogen and oxygen atoms in total. The maximum Gasteiger partial charge on any atom is 0.407 e. The van der Waals surface area contributed by atoms with Gasteiger partial charge in [0, 0.05) is 53.3 Å². The van der Waals surface area contributed by atoms with Crippen molar-refractivity contribution < 1.29 is 28.5 Å². The van der Waals surface area contributed by atoms with Crippen molar-refractivity contribution in [3.05, 3.63) is 185 Å². The van der Waals surface area contributed by atoms with Crippen LogP contribution in [0.4, 0.5) is 4.79 Å². The average Bonchev–Trinajstić information content (AvgIpc) is 3.84. The molecule has 10 heteroatoms. The van der Waals surface area contributed by atoms with Crippen LogP contribution in [0.15, 0.2) is 146 Å². The van der Waals surface area contributed by atoms with Gasteiger partial charge in [0.15, 0.2) is 5.56 Å². The fourth-order valence-corrected chi connectivity index (χ4v) is 8.57. The summed E-state index contributed by atoms with van der Waals surface area (Å²) in [6.07, 6.45) is 0.102. The Balaban J connectivity index is 1.20. The SMILES string of the molecule is CCc1c(-c2ccc3c(c2)cc2n3CC(CNC(=O)OC(C)(C)C)C2N(C)Cc2ccccc2)nc(OCc2ccccc2)c(C(=O)OCc2ccccc2)c1OCc1ccccc1. The summed E-state index contributed by atoms with van der Waals surface area (Å²) >= 11 is 0. The average molecular weight is 857 g/mol. The number of rotatable bonds is 16. The molecule has 0 saturated heterocycles. The van der Waals surface area contributed by atoms with E-state index in [9.17, 15) is 9.59 Å². The molecule has 5 aromatic carbocycles. The Morgan fingerprint density at radius 3 is 1.92 bits per heavy atom. The van der Waals surface area contributed by atoms with Crippen LogP contribution in [-0.2, 0) is 48.8 Å². The molecule has 3 heterocycles. The zero-order valence-corrected chi connectivity index (χ0v) is 37.3. The summed E-state index contributed by atoms with van der Waals surface area (Å²) in [4.78, 5) is 34.8. The first-order chi connectivity index (χ1) is 31.0. The first-order valence-corrected chi connectivity index (χ1v) is 22.0. The van der Waals surface area contributed by atoms with Crippen LogP contribution >= 0.6 is 0 Å². The molecule has 7 aromatic rings. The predicted molar refractivity (Wildman–Crippen MR) is 250 cm³/mol. The predicted octanol–water partition coefficient (Wildman–Crippen LogP) is 11.1. The summed E-state index contributed by atoms with van der Waals surface area (Å²) in [5.41, 5.74) is 8.07. The first-order valence-electron chi connectivity index (χ1n) is 22.0. The number of aromatic nitrogens is 2. The van der Waals surface area contributed by atoms with Gasteiger partial charge in [0.25, 0.3) is 0 Å². The number of nitrogens with one attached hydrogen (secondary N) is 1. The van der Waals surface area contributed by atoms with Crippen LogP contribution in [0.25, 0.3) is 22.2 Å². The van der Waals surface area contributed by atoms with E-state index < -0.39 is 17.7 Å². The summed E-state index contributed by atoms with van der Waals surface area (Å²) in [5, 5.41) is 4.11. The monoisotopic (exact) mass is 856 g/mol. The molecule has 0 aliphatic carbocycles. The van der Waals surface area contributed by atoms with Gasteiger partial charge in [-0.05, 0) is 74.7 Å². The Kier molecular flexibility index (Phi) is 13.4. The van der Waals surface area contributed by atoms with Crippen LogP contribution in [0, 0.1) is 5.92 Å². The molecule has 64 heavy (non-hydrogen) atoms. The van der Waals surface area contributed by atoms with E-state index in [-0.39, 0.29) is 43.2 Å². The third-order valence-electron chi connectivity index (χ3n) is 11.5. The molecule has 2 unspecified atom stereocenters. The fourth-order valence-electron chi connectivity index (χ4n) is 8.57. The van der Waals surface area contributed by atoms with E-state index in [0.717, 1.165) is 45.3 Å². The van der Waals surface area contributed by atoms with Gasteiger partial charge >= 0.3 is 12.1 Å². The molecule has 0 spiro atoms. The van der Waals surface area contributed by atoms with Crippen molar-refractivity contribution in [2.75, 3.05) is 13.6 Å². The van der Waals surface area contributed by atoms with Crippen LogP contribution in [0.2, 0.25) is 0 Å². The number of amides is 1. The molecule has 1 aliphatic heterocycles. The number of pyridine rings is 1. The van der Waals surface area contributed by atoms with Crippen LogP contribution in [-0.4, -0.2) is 45.7 Å². The zero-order valence-electron chi connectivity index (χ0n) is 37.3. The zero-order chi connectivity index (χ0) is 44.6. The largest absolute Gasteiger partial charge is 0.487 e. The Labute approximate surface area is 375 Å². The second-order valence-corrected chi connectivity index (χ2v) is 17.4. The van der Waals surface area contributed by atoms with Gasteiger partial charge in [-0.3, -0.25) is 4.90 Å². The molecule has 0 fully saturated rings. The van der Waals surface area contributed by atoms with Gasteiger partial charge in [-0.1, -0.05) is 134 Å². The van der Waals surface area contributed by atoms with Crippen molar-refractivity contribution in [2.24, 2.45) is 5.92 Å². The molecule has 0 radical (unpaired) electrons. The lowest BCUT2D eigenvalue weighted by molar-refractivity contribution is 0.0458. The molecule has 1 amide bonds. The minimum atomic E-state index is -0.593. The Morgan fingerprint density at radius 2 is 1.33 bits per heavy atom. The normalized spacial score (nSPS) is 14.6. The van der Waals surface area contributed by atoms with E-state index in [1.54, 1.807) is 0 Å². The summed E-state index contributed by atoms with van der Waals surface area (Å²) in [6, 6.07) is 48.4. The second-order valence-electron chi connectivity index (χ2n) is 17.4. The van der Waals surface area contributed by atoms with Crippen molar-refractivity contribution in [3.8, 4) is 22.9 Å².